The van der Waals surface area contributed by atoms with E-state index in [2.05, 4.69) is 4.72 Å². The summed E-state index contributed by atoms with van der Waals surface area (Å²) < 4.78 is 66.6. The highest BCUT2D eigenvalue weighted by Crippen LogP contribution is 2.39. The zero-order valence-corrected chi connectivity index (χ0v) is 20.7. The summed E-state index contributed by atoms with van der Waals surface area (Å²) in [5, 5.41) is 12.9. The quantitative estimate of drug-likeness (QED) is 0.328. The lowest BCUT2D eigenvalue weighted by atomic mass is 10.0. The second-order valence-corrected chi connectivity index (χ2v) is 10.0. The van der Waals surface area contributed by atoms with Gasteiger partial charge in [-0.1, -0.05) is 0 Å². The van der Waals surface area contributed by atoms with Gasteiger partial charge in [-0.15, -0.1) is 4.73 Å². The molecule has 0 saturated heterocycles. The van der Waals surface area contributed by atoms with Gasteiger partial charge in [-0.3, -0.25) is 4.72 Å². The summed E-state index contributed by atoms with van der Waals surface area (Å²) in [6.45, 7) is 3.85. The Labute approximate surface area is 203 Å². The summed E-state index contributed by atoms with van der Waals surface area (Å²) in [5.74, 6) is -1.99. The molecule has 0 fully saturated rings. The Morgan fingerprint density at radius 2 is 1.74 bits per heavy atom. The molecule has 3 aromatic rings. The van der Waals surface area contributed by atoms with Crippen molar-refractivity contribution in [3.05, 3.63) is 71.1 Å². The number of likely N-dealkylation sites (N-methyl/N-ethyl adjacent to an activating group) is 1. The second-order valence-electron chi connectivity index (χ2n) is 8.03. The van der Waals surface area contributed by atoms with E-state index in [4.69, 9.17) is 9.47 Å². The molecule has 188 valence electrons. The molecule has 35 heavy (non-hydrogen) atoms. The molecule has 1 aromatic heterocycles. The van der Waals surface area contributed by atoms with Gasteiger partial charge in [-0.2, -0.15) is 0 Å². The van der Waals surface area contributed by atoms with Crippen LogP contribution in [0.25, 0.3) is 11.1 Å². The number of pyridine rings is 1. The Balaban J connectivity index is 2.15. The number of ether oxygens (including phenoxy) is 2. The predicted octanol–water partition coefficient (Wildman–Crippen LogP) is 4.07. The minimum atomic E-state index is -3.60. The Kier molecular flexibility index (Phi) is 8.13. The van der Waals surface area contributed by atoms with Gasteiger partial charge in [0.1, 0.15) is 18.2 Å². The molecule has 0 radical (unpaired) electrons. The SMILES string of the molecule is CCS(=O)(=O)Nc1ccc(Oc2ccc(F)cc2F)c(-c2ccc(C)[n+]([O-])c2OCCN(C)C)c1. The molecule has 0 unspecified atom stereocenters. The first-order valence-electron chi connectivity index (χ1n) is 10.8. The fourth-order valence-corrected chi connectivity index (χ4v) is 3.73. The van der Waals surface area contributed by atoms with Crippen LogP contribution < -0.4 is 18.9 Å². The van der Waals surface area contributed by atoms with Gasteiger partial charge < -0.3 is 19.6 Å². The van der Waals surface area contributed by atoms with E-state index in [1.807, 2.05) is 19.0 Å². The van der Waals surface area contributed by atoms with Crippen LogP contribution in [0.4, 0.5) is 14.5 Å². The Morgan fingerprint density at radius 3 is 2.40 bits per heavy atom. The van der Waals surface area contributed by atoms with E-state index in [0.717, 1.165) is 12.1 Å². The third-order valence-corrected chi connectivity index (χ3v) is 6.35. The molecule has 3 rings (SSSR count). The van der Waals surface area contributed by atoms with E-state index in [0.29, 0.717) is 28.6 Å². The van der Waals surface area contributed by atoms with Crippen molar-refractivity contribution in [3.63, 3.8) is 0 Å². The van der Waals surface area contributed by atoms with Crippen LogP contribution in [0.3, 0.4) is 0 Å². The van der Waals surface area contributed by atoms with Crippen LogP contribution in [0.15, 0.2) is 48.5 Å². The van der Waals surface area contributed by atoms with Crippen molar-refractivity contribution < 1.29 is 31.4 Å². The van der Waals surface area contributed by atoms with E-state index in [9.17, 15) is 22.4 Å². The van der Waals surface area contributed by atoms with E-state index in [1.165, 1.54) is 25.1 Å². The number of aryl methyl sites for hydroxylation is 1. The maximum Gasteiger partial charge on any atom is 0.387 e. The average molecular weight is 508 g/mol. The van der Waals surface area contributed by atoms with Crippen LogP contribution >= 0.6 is 0 Å². The molecule has 0 bridgehead atoms. The van der Waals surface area contributed by atoms with Crippen LogP contribution in [0.1, 0.15) is 12.6 Å². The van der Waals surface area contributed by atoms with Crippen molar-refractivity contribution in [2.45, 2.75) is 13.8 Å². The largest absolute Gasteiger partial charge is 0.616 e. The molecule has 0 spiro atoms. The Bertz CT molecular complexity index is 1320. The number of benzene rings is 2. The van der Waals surface area contributed by atoms with Crippen LogP contribution in [-0.4, -0.2) is 46.3 Å². The Morgan fingerprint density at radius 1 is 1.03 bits per heavy atom. The number of aromatic nitrogens is 1. The monoisotopic (exact) mass is 507 g/mol. The first kappa shape index (κ1) is 26.2. The van der Waals surface area contributed by atoms with Crippen LogP contribution in [0.5, 0.6) is 17.4 Å². The zero-order chi connectivity index (χ0) is 25.8. The number of rotatable bonds is 10. The third-order valence-electron chi connectivity index (χ3n) is 5.04. The molecular weight excluding hydrogens is 480 g/mol. The third kappa shape index (κ3) is 6.58. The number of hydrogen-bond acceptors (Lipinski definition) is 6. The topological polar surface area (TPSA) is 94.8 Å². The molecule has 0 aliphatic rings. The van der Waals surface area contributed by atoms with Crippen LogP contribution in [0, 0.1) is 23.8 Å². The zero-order valence-electron chi connectivity index (χ0n) is 19.8. The van der Waals surface area contributed by atoms with E-state index in [1.54, 1.807) is 19.1 Å². The maximum atomic E-state index is 14.3. The Hall–Kier alpha value is -3.44. The molecule has 1 N–H and O–H groups in total. The van der Waals surface area contributed by atoms with Gasteiger partial charge in [-0.25, -0.2) is 17.2 Å². The molecular formula is C24H27F2N3O5S. The molecule has 8 nitrogen and oxygen atoms in total. The van der Waals surface area contributed by atoms with E-state index >= 15 is 0 Å². The van der Waals surface area contributed by atoms with E-state index in [-0.39, 0.29) is 41.0 Å². The number of nitrogens with zero attached hydrogens (tertiary/aromatic N) is 2. The van der Waals surface area contributed by atoms with Gasteiger partial charge in [0, 0.05) is 36.9 Å². The van der Waals surface area contributed by atoms with Gasteiger partial charge in [-0.05, 0) is 57.4 Å². The molecule has 2 aromatic carbocycles. The second kappa shape index (κ2) is 10.9. The lowest BCUT2D eigenvalue weighted by Crippen LogP contribution is -2.34. The highest BCUT2D eigenvalue weighted by molar-refractivity contribution is 7.92. The van der Waals surface area contributed by atoms with Gasteiger partial charge in [0.2, 0.25) is 10.0 Å². The van der Waals surface area contributed by atoms with Gasteiger partial charge in [0.05, 0.1) is 11.3 Å². The van der Waals surface area contributed by atoms with Crippen LogP contribution in [0.2, 0.25) is 0 Å². The standard InChI is InChI=1S/C24H27F2N3O5S/c1-5-35(31,32)27-18-8-11-22(34-23-10-7-17(25)14-21(23)26)20(15-18)19-9-6-16(2)29(30)24(19)33-13-12-28(3)4/h6-11,14-15,27H,5,12-13H2,1-4H3. The van der Waals surface area contributed by atoms with Crippen molar-refractivity contribution in [3.8, 4) is 28.5 Å². The van der Waals surface area contributed by atoms with Gasteiger partial charge in [0.15, 0.2) is 17.3 Å². The smallest absolute Gasteiger partial charge is 0.387 e. The summed E-state index contributed by atoms with van der Waals surface area (Å²) >= 11 is 0. The summed E-state index contributed by atoms with van der Waals surface area (Å²) in [7, 11) is 0.119. The first-order valence-corrected chi connectivity index (χ1v) is 12.4. The molecule has 0 aliphatic carbocycles. The molecule has 0 atom stereocenters. The average Bonchev–Trinajstić information content (AvgIpc) is 2.79. The van der Waals surface area contributed by atoms with Crippen LogP contribution in [-0.2, 0) is 10.0 Å². The number of anilines is 1. The normalized spacial score (nSPS) is 11.5. The molecule has 0 amide bonds. The highest BCUT2D eigenvalue weighted by atomic mass is 32.2. The van der Waals surface area contributed by atoms with Gasteiger partial charge in [0.25, 0.3) is 0 Å². The minimum Gasteiger partial charge on any atom is -0.616 e. The van der Waals surface area contributed by atoms with Crippen molar-refractivity contribution >= 4 is 15.7 Å². The number of sulfonamides is 1. The predicted molar refractivity (Wildman–Crippen MR) is 129 cm³/mol. The first-order chi connectivity index (χ1) is 16.5. The minimum absolute atomic E-state index is 0.0215. The maximum absolute atomic E-state index is 14.3. The highest BCUT2D eigenvalue weighted by Gasteiger charge is 2.23. The van der Waals surface area contributed by atoms with E-state index < -0.39 is 21.7 Å². The number of halogens is 2. The summed E-state index contributed by atoms with van der Waals surface area (Å²) in [4.78, 5) is 1.89. The molecule has 0 aliphatic heterocycles. The van der Waals surface area contributed by atoms with Crippen molar-refractivity contribution in [2.24, 2.45) is 0 Å². The summed E-state index contributed by atoms with van der Waals surface area (Å²) in [6, 6.07) is 10.4. The fourth-order valence-electron chi connectivity index (χ4n) is 3.10. The number of nitrogens with one attached hydrogen (secondary N) is 1. The summed E-state index contributed by atoms with van der Waals surface area (Å²) in [6.07, 6.45) is 0. The number of hydrogen-bond donors (Lipinski definition) is 1. The lowest BCUT2D eigenvalue weighted by Gasteiger charge is -2.17. The molecule has 0 saturated carbocycles. The van der Waals surface area contributed by atoms with Crippen molar-refractivity contribution in [1.29, 1.82) is 0 Å². The van der Waals surface area contributed by atoms with Crippen molar-refractivity contribution in [1.82, 2.24) is 4.90 Å². The van der Waals surface area contributed by atoms with Gasteiger partial charge >= 0.3 is 5.88 Å². The lowest BCUT2D eigenvalue weighted by molar-refractivity contribution is -0.618. The van der Waals surface area contributed by atoms with Crippen molar-refractivity contribution in [2.75, 3.05) is 37.7 Å². The summed E-state index contributed by atoms with van der Waals surface area (Å²) in [5.41, 5.74) is 1.17. The fraction of sp³-hybridized carbons (Fsp3) is 0.292. The molecule has 1 heterocycles. The molecule has 11 heteroatoms.